The Morgan fingerprint density at radius 2 is 1.82 bits per heavy atom. The lowest BCUT2D eigenvalue weighted by molar-refractivity contribution is -0.385. The topological polar surface area (TPSA) is 123 Å². The van der Waals surface area contributed by atoms with Crippen LogP contribution in [0.4, 0.5) is 15.8 Å². The van der Waals surface area contributed by atoms with Gasteiger partial charge in [-0.25, -0.2) is 9.29 Å². The van der Waals surface area contributed by atoms with Crippen molar-refractivity contribution in [3.8, 4) is 5.75 Å². The molecule has 2 aliphatic rings. The molecule has 1 fully saturated rings. The van der Waals surface area contributed by atoms with Crippen molar-refractivity contribution in [2.75, 3.05) is 4.90 Å². The van der Waals surface area contributed by atoms with E-state index < -0.39 is 39.6 Å². The van der Waals surface area contributed by atoms with Crippen molar-refractivity contribution >= 4 is 46.3 Å². The molecule has 1 N–H and O–H groups in total. The van der Waals surface area contributed by atoms with Crippen LogP contribution in [-0.2, 0) is 16.2 Å². The zero-order valence-electron chi connectivity index (χ0n) is 20.8. The highest BCUT2D eigenvalue weighted by molar-refractivity contribution is 8.00. The smallest absolute Gasteiger partial charge is 0.305 e. The van der Waals surface area contributed by atoms with Crippen LogP contribution in [0.15, 0.2) is 76.6 Å². The van der Waals surface area contributed by atoms with Crippen molar-refractivity contribution in [3.05, 3.63) is 114 Å². The molecular formula is C28H20FN3O6S2. The van der Waals surface area contributed by atoms with Crippen molar-refractivity contribution in [3.63, 3.8) is 0 Å². The number of carbonyl (C=O) groups excluding carboxylic acids is 2. The van der Waals surface area contributed by atoms with E-state index in [4.69, 9.17) is 4.74 Å². The van der Waals surface area contributed by atoms with Crippen molar-refractivity contribution in [1.29, 1.82) is 0 Å². The van der Waals surface area contributed by atoms with Gasteiger partial charge >= 0.3 is 4.87 Å². The number of thiazole rings is 1. The molecule has 9 nitrogen and oxygen atoms in total. The second kappa shape index (κ2) is 10.0. The van der Waals surface area contributed by atoms with Crippen LogP contribution in [0, 0.1) is 28.8 Å². The third kappa shape index (κ3) is 4.48. The summed E-state index contributed by atoms with van der Waals surface area (Å²) >= 11 is 1.98. The summed E-state index contributed by atoms with van der Waals surface area (Å²) < 4.78 is 19.8. The fourth-order valence-corrected chi connectivity index (χ4v) is 7.69. The Bertz CT molecular complexity index is 1730. The standard InChI is InChI=1S/C28H20FN3O6S2/c1-14-3-2-4-15(11-14)13-38-20-10-9-18(32(36)37)12-19(20)21-22-24(39-25-23(21)40-28(35)30-25)27(34)31(26(22)33)17-7-5-16(29)6-8-17/h2-12,21-22,24H,13H2,1H3,(H,30,35)/t21-,22?,24?/m1/s1. The molecule has 2 amide bonds. The minimum Gasteiger partial charge on any atom is -0.489 e. The molecule has 12 heteroatoms. The van der Waals surface area contributed by atoms with Gasteiger partial charge in [-0.05, 0) is 42.8 Å². The first-order chi connectivity index (χ1) is 19.2. The molecule has 1 saturated heterocycles. The maximum absolute atomic E-state index is 13.9. The number of nitro benzene ring substituents is 1. The number of ether oxygens (including phenoxy) is 1. The number of non-ortho nitro benzene ring substituents is 1. The highest BCUT2D eigenvalue weighted by Crippen LogP contribution is 2.55. The molecule has 1 aromatic heterocycles. The van der Waals surface area contributed by atoms with E-state index in [-0.39, 0.29) is 22.9 Å². The Balaban J connectivity index is 1.48. The van der Waals surface area contributed by atoms with Crippen molar-refractivity contribution in [2.45, 2.75) is 29.7 Å². The molecule has 0 spiro atoms. The summed E-state index contributed by atoms with van der Waals surface area (Å²) in [5.41, 5.74) is 2.25. The summed E-state index contributed by atoms with van der Waals surface area (Å²) in [7, 11) is 0. The summed E-state index contributed by atoms with van der Waals surface area (Å²) in [6, 6.07) is 16.8. The van der Waals surface area contributed by atoms with Gasteiger partial charge in [0.25, 0.3) is 5.69 Å². The minimum atomic E-state index is -0.982. The molecule has 40 heavy (non-hydrogen) atoms. The highest BCUT2D eigenvalue weighted by Gasteiger charge is 2.57. The minimum absolute atomic E-state index is 0.160. The van der Waals surface area contributed by atoms with Crippen LogP contribution in [0.5, 0.6) is 5.75 Å². The number of amides is 2. The second-order valence-corrected chi connectivity index (χ2v) is 11.7. The summed E-state index contributed by atoms with van der Waals surface area (Å²) in [4.78, 5) is 55.1. The Labute approximate surface area is 234 Å². The van der Waals surface area contributed by atoms with E-state index in [2.05, 4.69) is 4.98 Å². The largest absolute Gasteiger partial charge is 0.489 e. The van der Waals surface area contributed by atoms with Gasteiger partial charge in [0.2, 0.25) is 11.8 Å². The lowest BCUT2D eigenvalue weighted by atomic mass is 9.82. The van der Waals surface area contributed by atoms with Crippen LogP contribution in [0.3, 0.4) is 0 Å². The zero-order chi connectivity index (χ0) is 28.1. The van der Waals surface area contributed by atoms with Crippen LogP contribution < -0.4 is 14.5 Å². The van der Waals surface area contributed by atoms with E-state index in [0.29, 0.717) is 21.2 Å². The number of benzene rings is 3. The van der Waals surface area contributed by atoms with E-state index in [1.807, 2.05) is 31.2 Å². The van der Waals surface area contributed by atoms with Crippen LogP contribution in [-0.4, -0.2) is 27.0 Å². The quantitative estimate of drug-likeness (QED) is 0.191. The normalized spacial score (nSPS) is 19.9. The molecule has 202 valence electrons. The van der Waals surface area contributed by atoms with Crippen molar-refractivity contribution in [1.82, 2.24) is 4.98 Å². The number of hydrogen-bond acceptors (Lipinski definition) is 8. The number of nitro groups is 1. The van der Waals surface area contributed by atoms with E-state index in [9.17, 15) is 28.9 Å². The van der Waals surface area contributed by atoms with Gasteiger partial charge in [0.1, 0.15) is 23.4 Å². The number of halogens is 1. The Hall–Kier alpha value is -4.29. The third-order valence-electron chi connectivity index (χ3n) is 6.92. The number of fused-ring (bicyclic) bond motifs is 2. The maximum Gasteiger partial charge on any atom is 0.305 e. The number of carbonyl (C=O) groups is 2. The number of nitrogens with zero attached hydrogens (tertiary/aromatic N) is 2. The average molecular weight is 578 g/mol. The molecule has 0 saturated carbocycles. The number of nitrogens with one attached hydrogen (secondary N) is 1. The molecule has 0 aliphatic carbocycles. The van der Waals surface area contributed by atoms with Gasteiger partial charge < -0.3 is 9.72 Å². The van der Waals surface area contributed by atoms with Gasteiger partial charge in [0.15, 0.2) is 0 Å². The number of aryl methyl sites for hydroxylation is 1. The summed E-state index contributed by atoms with van der Waals surface area (Å²) in [6.07, 6.45) is 0. The summed E-state index contributed by atoms with van der Waals surface area (Å²) in [6.45, 7) is 2.11. The number of anilines is 1. The van der Waals surface area contributed by atoms with E-state index in [1.165, 1.54) is 30.3 Å². The lowest BCUT2D eigenvalue weighted by Crippen LogP contribution is -2.32. The van der Waals surface area contributed by atoms with Crippen molar-refractivity contribution in [2.24, 2.45) is 5.92 Å². The van der Waals surface area contributed by atoms with Gasteiger partial charge in [-0.3, -0.25) is 24.5 Å². The van der Waals surface area contributed by atoms with E-state index in [1.54, 1.807) is 0 Å². The number of thioether (sulfide) groups is 1. The number of H-pyrrole nitrogens is 1. The Morgan fingerprint density at radius 1 is 1.05 bits per heavy atom. The van der Waals surface area contributed by atoms with Gasteiger partial charge in [-0.2, -0.15) is 0 Å². The molecule has 0 radical (unpaired) electrons. The first-order valence-corrected chi connectivity index (χ1v) is 13.9. The first-order valence-electron chi connectivity index (χ1n) is 12.2. The SMILES string of the molecule is Cc1cccc(COc2ccc([N+](=O)[O-])cc2[C@H]2c3sc(=O)[nH]c3SC3C(=O)N(c4ccc(F)cc4)C(=O)C32)c1. The molecule has 2 unspecified atom stereocenters. The monoisotopic (exact) mass is 577 g/mol. The molecule has 3 atom stereocenters. The summed E-state index contributed by atoms with van der Waals surface area (Å²) in [5, 5.41) is 11.3. The Kier molecular flexibility index (Phi) is 6.51. The van der Waals surface area contributed by atoms with Crippen LogP contribution in [0.25, 0.3) is 0 Å². The fourth-order valence-electron chi connectivity index (χ4n) is 5.18. The van der Waals surface area contributed by atoms with Crippen LogP contribution >= 0.6 is 23.1 Å². The first kappa shape index (κ1) is 26.0. The molecular weight excluding hydrogens is 557 g/mol. The van der Waals surface area contributed by atoms with Gasteiger partial charge in [0.05, 0.1) is 21.6 Å². The predicted molar refractivity (Wildman–Crippen MR) is 147 cm³/mol. The number of rotatable bonds is 6. The van der Waals surface area contributed by atoms with Gasteiger partial charge in [-0.15, -0.1) is 0 Å². The molecule has 6 rings (SSSR count). The van der Waals surface area contributed by atoms with Gasteiger partial charge in [0, 0.05) is 28.5 Å². The fraction of sp³-hybridized carbons (Fsp3) is 0.179. The number of aromatic amines is 1. The zero-order valence-corrected chi connectivity index (χ0v) is 22.5. The average Bonchev–Trinajstić information content (AvgIpc) is 3.42. The highest BCUT2D eigenvalue weighted by atomic mass is 32.2. The van der Waals surface area contributed by atoms with Crippen LogP contribution in [0.2, 0.25) is 0 Å². The predicted octanol–water partition coefficient (Wildman–Crippen LogP) is 5.17. The second-order valence-electron chi connectivity index (χ2n) is 9.50. The van der Waals surface area contributed by atoms with E-state index >= 15 is 0 Å². The molecule has 0 bridgehead atoms. The molecule has 3 heterocycles. The maximum atomic E-state index is 13.9. The van der Waals surface area contributed by atoms with E-state index in [0.717, 1.165) is 51.3 Å². The number of hydrogen-bond donors (Lipinski definition) is 1. The lowest BCUT2D eigenvalue weighted by Gasteiger charge is -2.30. The molecule has 2 aliphatic heterocycles. The van der Waals surface area contributed by atoms with Gasteiger partial charge in [-0.1, -0.05) is 52.9 Å². The Morgan fingerprint density at radius 3 is 2.55 bits per heavy atom. The molecule has 4 aromatic rings. The summed E-state index contributed by atoms with van der Waals surface area (Å²) in [5.74, 6) is -3.12. The third-order valence-corrected chi connectivity index (χ3v) is 9.33. The van der Waals surface area contributed by atoms with Crippen LogP contribution in [0.1, 0.15) is 27.5 Å². The number of imide groups is 1. The molecule has 3 aromatic carbocycles. The number of aromatic nitrogens is 1. The van der Waals surface area contributed by atoms with Crippen molar-refractivity contribution < 1.29 is 23.6 Å².